The van der Waals surface area contributed by atoms with Crippen molar-refractivity contribution in [3.63, 3.8) is 0 Å². The van der Waals surface area contributed by atoms with Crippen LogP contribution in [-0.4, -0.2) is 17.9 Å². The van der Waals surface area contributed by atoms with E-state index in [0.717, 1.165) is 11.3 Å². The summed E-state index contributed by atoms with van der Waals surface area (Å²) in [6, 6.07) is 11.3. The Kier molecular flexibility index (Phi) is 3.66. The molecule has 1 aromatic carbocycles. The number of hydrogen-bond acceptors (Lipinski definition) is 5. The molecule has 3 rings (SSSR count). The number of hydrogen-bond donors (Lipinski definition) is 1. The van der Waals surface area contributed by atoms with Crippen LogP contribution in [0.3, 0.4) is 0 Å². The van der Waals surface area contributed by atoms with Crippen LogP contribution >= 0.6 is 11.8 Å². The molecular formula is C16H13NO3S. The number of ketones is 1. The number of methoxy groups -OCH3 is 1. The monoisotopic (exact) mass is 299 g/mol. The highest BCUT2D eigenvalue weighted by Crippen LogP contribution is 2.34. The molecule has 0 spiro atoms. The van der Waals surface area contributed by atoms with Crippen LogP contribution in [0.5, 0.6) is 5.75 Å². The number of nitrogens with one attached hydrogen (secondary N) is 1. The fourth-order valence-corrected chi connectivity index (χ4v) is 2.95. The maximum Gasteiger partial charge on any atom is 0.176 e. The molecule has 21 heavy (non-hydrogen) atoms. The first-order valence-corrected chi connectivity index (χ1v) is 7.22. The van der Waals surface area contributed by atoms with E-state index in [1.54, 1.807) is 13.2 Å². The van der Waals surface area contributed by atoms with Gasteiger partial charge in [0.1, 0.15) is 17.3 Å². The summed E-state index contributed by atoms with van der Waals surface area (Å²) in [6.07, 6.45) is 1.88. The number of benzene rings is 1. The molecule has 1 fully saturated rings. The number of furan rings is 1. The number of rotatable bonds is 3. The number of carbonyl (C=O) groups is 1. The minimum atomic E-state index is -0.0276. The van der Waals surface area contributed by atoms with Gasteiger partial charge < -0.3 is 9.15 Å². The lowest BCUT2D eigenvalue weighted by Crippen LogP contribution is -1.91. The molecule has 0 aliphatic carbocycles. The number of allylic oxidation sites excluding steroid dienone is 1. The minimum Gasteiger partial charge on any atom is -0.496 e. The maximum absolute atomic E-state index is 11.7. The Morgan fingerprint density at radius 2 is 2.10 bits per heavy atom. The summed E-state index contributed by atoms with van der Waals surface area (Å²) in [7, 11) is 1.62. The third-order valence-electron chi connectivity index (χ3n) is 3.10. The van der Waals surface area contributed by atoms with Crippen LogP contribution in [0.1, 0.15) is 12.2 Å². The summed E-state index contributed by atoms with van der Waals surface area (Å²) in [4.78, 5) is 12.2. The van der Waals surface area contributed by atoms with E-state index in [1.165, 1.54) is 11.8 Å². The van der Waals surface area contributed by atoms with Gasteiger partial charge in [-0.1, -0.05) is 23.9 Å². The van der Waals surface area contributed by atoms with Crippen LogP contribution in [0.4, 0.5) is 0 Å². The van der Waals surface area contributed by atoms with E-state index >= 15 is 0 Å². The topological polar surface area (TPSA) is 63.3 Å². The maximum atomic E-state index is 11.7. The van der Waals surface area contributed by atoms with Gasteiger partial charge >= 0.3 is 0 Å². The fraction of sp³-hybridized carbons (Fsp3) is 0.125. The Hall–Kier alpha value is -2.27. The van der Waals surface area contributed by atoms with Gasteiger partial charge in [-0.25, -0.2) is 0 Å². The molecule has 0 amide bonds. The summed E-state index contributed by atoms with van der Waals surface area (Å²) in [5.41, 5.74) is 0.864. The molecule has 0 radical (unpaired) electrons. The lowest BCUT2D eigenvalue weighted by molar-refractivity contribution is -0.113. The first kappa shape index (κ1) is 13.7. The van der Waals surface area contributed by atoms with Gasteiger partial charge in [0, 0.05) is 0 Å². The van der Waals surface area contributed by atoms with Crippen LogP contribution in [0, 0.1) is 5.41 Å². The average molecular weight is 299 g/mol. The van der Waals surface area contributed by atoms with Crippen molar-refractivity contribution in [1.29, 1.82) is 5.41 Å². The molecule has 0 bridgehead atoms. The van der Waals surface area contributed by atoms with E-state index in [0.29, 0.717) is 21.5 Å². The molecule has 1 saturated heterocycles. The van der Waals surface area contributed by atoms with Crippen molar-refractivity contribution in [2.75, 3.05) is 7.11 Å². The van der Waals surface area contributed by atoms with Gasteiger partial charge in [-0.2, -0.15) is 0 Å². The second-order valence-electron chi connectivity index (χ2n) is 4.54. The fourth-order valence-electron chi connectivity index (χ4n) is 2.12. The highest BCUT2D eigenvalue weighted by atomic mass is 32.2. The molecule has 0 unspecified atom stereocenters. The molecule has 0 saturated carbocycles. The molecule has 0 atom stereocenters. The van der Waals surface area contributed by atoms with Gasteiger partial charge in [-0.15, -0.1) is 0 Å². The van der Waals surface area contributed by atoms with Gasteiger partial charge in [0.05, 0.1) is 29.0 Å². The van der Waals surface area contributed by atoms with E-state index in [-0.39, 0.29) is 12.2 Å². The minimum absolute atomic E-state index is 0.0276. The molecule has 1 aliphatic rings. The Morgan fingerprint density at radius 3 is 2.81 bits per heavy atom. The van der Waals surface area contributed by atoms with E-state index in [4.69, 9.17) is 14.6 Å². The van der Waals surface area contributed by atoms with Crippen LogP contribution < -0.4 is 4.74 Å². The van der Waals surface area contributed by atoms with Crippen molar-refractivity contribution in [1.82, 2.24) is 0 Å². The van der Waals surface area contributed by atoms with Gasteiger partial charge in [-0.05, 0) is 30.3 Å². The largest absolute Gasteiger partial charge is 0.496 e. The normalized spacial score (nSPS) is 16.7. The smallest absolute Gasteiger partial charge is 0.176 e. The summed E-state index contributed by atoms with van der Waals surface area (Å²) in [5, 5.41) is 7.90. The van der Waals surface area contributed by atoms with Crippen LogP contribution in [0.25, 0.3) is 17.4 Å². The third-order valence-corrected chi connectivity index (χ3v) is 4.06. The molecule has 2 heterocycles. The first-order valence-electron chi connectivity index (χ1n) is 6.41. The van der Waals surface area contributed by atoms with Gasteiger partial charge in [0.2, 0.25) is 0 Å². The van der Waals surface area contributed by atoms with Crippen molar-refractivity contribution >= 4 is 28.7 Å². The zero-order chi connectivity index (χ0) is 14.8. The van der Waals surface area contributed by atoms with Gasteiger partial charge in [-0.3, -0.25) is 10.2 Å². The van der Waals surface area contributed by atoms with Gasteiger partial charge in [0.15, 0.2) is 5.78 Å². The average Bonchev–Trinajstić information content (AvgIpc) is 3.06. The molecule has 106 valence electrons. The SMILES string of the molecule is COc1ccccc1-c1ccc(/C=C2\SC(=N)CC2=O)o1. The second-order valence-corrected chi connectivity index (χ2v) is 5.67. The van der Waals surface area contributed by atoms with Crippen LogP contribution in [0.15, 0.2) is 45.7 Å². The number of ether oxygens (including phenoxy) is 1. The van der Waals surface area contributed by atoms with Crippen molar-refractivity contribution in [3.8, 4) is 17.1 Å². The van der Waals surface area contributed by atoms with Crippen molar-refractivity contribution in [2.24, 2.45) is 0 Å². The highest BCUT2D eigenvalue weighted by Gasteiger charge is 2.23. The molecule has 1 aliphatic heterocycles. The molecule has 4 nitrogen and oxygen atoms in total. The Bertz CT molecular complexity index is 745. The third kappa shape index (κ3) is 2.78. The predicted molar refractivity (Wildman–Crippen MR) is 83.6 cm³/mol. The number of para-hydroxylation sites is 1. The molecular weight excluding hydrogens is 286 g/mol. The summed E-state index contributed by atoms with van der Waals surface area (Å²) in [6.45, 7) is 0. The van der Waals surface area contributed by atoms with Crippen molar-refractivity contribution in [3.05, 3.63) is 47.1 Å². The lowest BCUT2D eigenvalue weighted by atomic mass is 10.1. The quantitative estimate of drug-likeness (QED) is 0.871. The van der Waals surface area contributed by atoms with Gasteiger partial charge in [0.25, 0.3) is 0 Å². The standard InChI is InChI=1S/C16H13NO3S/c1-19-13-5-3-2-4-11(13)14-7-6-10(20-14)8-15-12(18)9-16(17)21-15/h2-8,17H,9H2,1H3/b15-8-,17-16?. The Labute approximate surface area is 126 Å². The summed E-state index contributed by atoms with van der Waals surface area (Å²) in [5.74, 6) is 1.99. The molecule has 1 aromatic heterocycles. The Morgan fingerprint density at radius 1 is 1.29 bits per heavy atom. The van der Waals surface area contributed by atoms with E-state index in [2.05, 4.69) is 0 Å². The number of thioether (sulfide) groups is 1. The Balaban J connectivity index is 1.92. The highest BCUT2D eigenvalue weighted by molar-refractivity contribution is 8.18. The van der Waals surface area contributed by atoms with E-state index in [1.807, 2.05) is 36.4 Å². The van der Waals surface area contributed by atoms with Crippen LogP contribution in [-0.2, 0) is 4.79 Å². The van der Waals surface area contributed by atoms with E-state index in [9.17, 15) is 4.79 Å². The zero-order valence-electron chi connectivity index (χ0n) is 11.4. The summed E-state index contributed by atoms with van der Waals surface area (Å²) < 4.78 is 11.1. The van der Waals surface area contributed by atoms with Crippen molar-refractivity contribution in [2.45, 2.75) is 6.42 Å². The lowest BCUT2D eigenvalue weighted by Gasteiger charge is -2.04. The molecule has 2 aromatic rings. The molecule has 1 N–H and O–H groups in total. The van der Waals surface area contributed by atoms with Crippen LogP contribution in [0.2, 0.25) is 0 Å². The van der Waals surface area contributed by atoms with Crippen molar-refractivity contribution < 1.29 is 13.9 Å². The van der Waals surface area contributed by atoms with E-state index < -0.39 is 0 Å². The molecule has 5 heteroatoms. The first-order chi connectivity index (χ1) is 10.2. The zero-order valence-corrected chi connectivity index (χ0v) is 12.2. The summed E-state index contributed by atoms with van der Waals surface area (Å²) >= 11 is 1.19. The number of Topliss-reactive ketones (excluding diaryl/α,β-unsaturated/α-hetero) is 1. The predicted octanol–water partition coefficient (Wildman–Crippen LogP) is 3.98. The second kappa shape index (κ2) is 5.61. The number of carbonyl (C=O) groups excluding carboxylic acids is 1.